The van der Waals surface area contributed by atoms with Crippen molar-refractivity contribution in [1.29, 1.82) is 0 Å². The van der Waals surface area contributed by atoms with Crippen molar-refractivity contribution in [3.8, 4) is 11.5 Å². The van der Waals surface area contributed by atoms with Gasteiger partial charge in [-0.25, -0.2) is 4.98 Å². The monoisotopic (exact) mass is 332 g/mol. The summed E-state index contributed by atoms with van der Waals surface area (Å²) < 4.78 is 13.4. The normalized spacial score (nSPS) is 12.4. The van der Waals surface area contributed by atoms with Crippen molar-refractivity contribution in [3.63, 3.8) is 0 Å². The first-order valence-corrected chi connectivity index (χ1v) is 8.52. The summed E-state index contributed by atoms with van der Waals surface area (Å²) in [5.41, 5.74) is 1.17. The highest BCUT2D eigenvalue weighted by atomic mass is 16.5. The van der Waals surface area contributed by atoms with Crippen molar-refractivity contribution >= 4 is 0 Å². The third kappa shape index (κ3) is 5.85. The van der Waals surface area contributed by atoms with Gasteiger partial charge < -0.3 is 14.8 Å². The van der Waals surface area contributed by atoms with E-state index in [1.165, 1.54) is 5.56 Å². The van der Waals surface area contributed by atoms with Gasteiger partial charge in [-0.15, -0.1) is 0 Å². The predicted octanol–water partition coefficient (Wildman–Crippen LogP) is 2.89. The van der Waals surface area contributed by atoms with E-state index in [0.717, 1.165) is 24.6 Å². The number of hydrogen-bond acceptors (Lipinski definition) is 5. The fourth-order valence-corrected chi connectivity index (χ4v) is 2.27. The molecular formula is C18H28N4O2. The lowest BCUT2D eigenvalue weighted by Gasteiger charge is -2.16. The quantitative estimate of drug-likeness (QED) is 0.725. The molecule has 2 aromatic rings. The molecule has 0 aliphatic rings. The lowest BCUT2D eigenvalue weighted by molar-refractivity contribution is 0.248. The molecule has 6 heteroatoms. The highest BCUT2D eigenvalue weighted by Gasteiger charge is 2.09. The van der Waals surface area contributed by atoms with Crippen LogP contribution in [0.2, 0.25) is 0 Å². The van der Waals surface area contributed by atoms with E-state index >= 15 is 0 Å². The van der Waals surface area contributed by atoms with Crippen LogP contribution in [0.4, 0.5) is 0 Å². The van der Waals surface area contributed by atoms with Crippen LogP contribution in [0.3, 0.4) is 0 Å². The van der Waals surface area contributed by atoms with Gasteiger partial charge in [-0.1, -0.05) is 19.9 Å². The van der Waals surface area contributed by atoms with Crippen LogP contribution in [0.15, 0.2) is 30.9 Å². The number of rotatable bonds is 10. The Balaban J connectivity index is 1.93. The minimum atomic E-state index is 0.291. The van der Waals surface area contributed by atoms with E-state index in [1.807, 2.05) is 23.7 Å². The molecule has 0 radical (unpaired) electrons. The average molecular weight is 332 g/mol. The second-order valence-corrected chi connectivity index (χ2v) is 6.32. The summed E-state index contributed by atoms with van der Waals surface area (Å²) in [4.78, 5) is 3.96. The van der Waals surface area contributed by atoms with Crippen LogP contribution in [0.25, 0.3) is 0 Å². The molecule has 6 nitrogen and oxygen atoms in total. The largest absolute Gasteiger partial charge is 0.490 e. The number of ether oxygens (including phenoxy) is 2. The molecule has 1 N–H and O–H groups in total. The smallest absolute Gasteiger partial charge is 0.161 e. The van der Waals surface area contributed by atoms with Gasteiger partial charge in [0.25, 0.3) is 0 Å². The maximum absolute atomic E-state index is 5.84. The Labute approximate surface area is 144 Å². The third-order valence-corrected chi connectivity index (χ3v) is 3.46. The van der Waals surface area contributed by atoms with E-state index in [2.05, 4.69) is 42.2 Å². The Bertz CT molecular complexity index is 599. The van der Waals surface area contributed by atoms with E-state index in [0.29, 0.717) is 25.2 Å². The first-order chi connectivity index (χ1) is 11.6. The molecule has 0 spiro atoms. The minimum Gasteiger partial charge on any atom is -0.490 e. The summed E-state index contributed by atoms with van der Waals surface area (Å²) in [6.07, 6.45) is 3.28. The fraction of sp³-hybridized carbons (Fsp3) is 0.556. The highest BCUT2D eigenvalue weighted by molar-refractivity contribution is 5.43. The van der Waals surface area contributed by atoms with Crippen molar-refractivity contribution in [2.24, 2.45) is 5.92 Å². The van der Waals surface area contributed by atoms with Gasteiger partial charge in [-0.2, -0.15) is 5.10 Å². The molecule has 1 heterocycles. The van der Waals surface area contributed by atoms with Crippen LogP contribution in [-0.4, -0.2) is 34.0 Å². The lowest BCUT2D eigenvalue weighted by Crippen LogP contribution is -2.30. The molecule has 0 fully saturated rings. The fourth-order valence-electron chi connectivity index (χ4n) is 2.27. The summed E-state index contributed by atoms with van der Waals surface area (Å²) in [5.74, 6) is 2.10. The lowest BCUT2D eigenvalue weighted by atomic mass is 10.2. The van der Waals surface area contributed by atoms with Crippen molar-refractivity contribution in [3.05, 3.63) is 36.4 Å². The SMILES string of the molecule is CCOc1cc(CNC(C)Cn2cncn2)ccc1OCC(C)C. The van der Waals surface area contributed by atoms with Crippen LogP contribution in [0, 0.1) is 5.92 Å². The van der Waals surface area contributed by atoms with Gasteiger partial charge in [-0.05, 0) is 37.5 Å². The number of hydrogen-bond donors (Lipinski definition) is 1. The van der Waals surface area contributed by atoms with Crippen molar-refractivity contribution in [1.82, 2.24) is 20.1 Å². The molecule has 1 aromatic carbocycles. The molecule has 0 amide bonds. The van der Waals surface area contributed by atoms with Crippen molar-refractivity contribution in [2.45, 2.75) is 46.8 Å². The van der Waals surface area contributed by atoms with E-state index in [-0.39, 0.29) is 0 Å². The Kier molecular flexibility index (Phi) is 7.06. The van der Waals surface area contributed by atoms with E-state index in [9.17, 15) is 0 Å². The standard InChI is InChI=1S/C18H28N4O2/c1-5-23-18-8-16(6-7-17(18)24-11-14(2)3)9-20-15(4)10-22-13-19-12-21-22/h6-8,12-15,20H,5,9-11H2,1-4H3. The first kappa shape index (κ1) is 18.3. The van der Waals surface area contributed by atoms with E-state index < -0.39 is 0 Å². The zero-order valence-electron chi connectivity index (χ0n) is 15.0. The highest BCUT2D eigenvalue weighted by Crippen LogP contribution is 2.29. The second kappa shape index (κ2) is 9.27. The molecule has 1 aromatic heterocycles. The van der Waals surface area contributed by atoms with Crippen LogP contribution < -0.4 is 14.8 Å². The summed E-state index contributed by atoms with van der Waals surface area (Å²) in [6, 6.07) is 6.41. The van der Waals surface area contributed by atoms with Gasteiger partial charge in [0.15, 0.2) is 11.5 Å². The predicted molar refractivity (Wildman–Crippen MR) is 94.3 cm³/mol. The molecular weight excluding hydrogens is 304 g/mol. The number of benzene rings is 1. The number of nitrogens with one attached hydrogen (secondary N) is 1. The van der Waals surface area contributed by atoms with Crippen LogP contribution in [-0.2, 0) is 13.1 Å². The molecule has 0 aliphatic heterocycles. The molecule has 1 atom stereocenters. The zero-order chi connectivity index (χ0) is 17.4. The van der Waals surface area contributed by atoms with Crippen LogP contribution in [0.1, 0.15) is 33.3 Å². The Morgan fingerprint density at radius 1 is 1.17 bits per heavy atom. The summed E-state index contributed by atoms with van der Waals surface area (Å²) in [5, 5.41) is 7.62. The molecule has 132 valence electrons. The summed E-state index contributed by atoms with van der Waals surface area (Å²) in [7, 11) is 0. The van der Waals surface area contributed by atoms with Gasteiger partial charge in [0, 0.05) is 12.6 Å². The van der Waals surface area contributed by atoms with E-state index in [4.69, 9.17) is 9.47 Å². The molecule has 2 rings (SSSR count). The summed E-state index contributed by atoms with van der Waals surface area (Å²) >= 11 is 0. The second-order valence-electron chi connectivity index (χ2n) is 6.32. The molecule has 0 saturated carbocycles. The van der Waals surface area contributed by atoms with Gasteiger partial charge in [0.05, 0.1) is 19.8 Å². The summed E-state index contributed by atoms with van der Waals surface area (Å²) in [6.45, 7) is 11.2. The van der Waals surface area contributed by atoms with Gasteiger partial charge >= 0.3 is 0 Å². The molecule has 0 saturated heterocycles. The van der Waals surface area contributed by atoms with Crippen LogP contribution in [0.5, 0.6) is 11.5 Å². The van der Waals surface area contributed by atoms with Crippen molar-refractivity contribution in [2.75, 3.05) is 13.2 Å². The first-order valence-electron chi connectivity index (χ1n) is 8.52. The number of nitrogens with zero attached hydrogens (tertiary/aromatic N) is 3. The zero-order valence-corrected chi connectivity index (χ0v) is 15.0. The number of aromatic nitrogens is 3. The Morgan fingerprint density at radius 3 is 2.67 bits per heavy atom. The minimum absolute atomic E-state index is 0.291. The molecule has 0 bridgehead atoms. The molecule has 1 unspecified atom stereocenters. The Hall–Kier alpha value is -2.08. The van der Waals surface area contributed by atoms with Gasteiger partial charge in [0.1, 0.15) is 12.7 Å². The van der Waals surface area contributed by atoms with Gasteiger partial charge in [-0.3, -0.25) is 4.68 Å². The maximum atomic E-state index is 5.84. The van der Waals surface area contributed by atoms with Crippen molar-refractivity contribution < 1.29 is 9.47 Å². The van der Waals surface area contributed by atoms with E-state index in [1.54, 1.807) is 12.7 Å². The van der Waals surface area contributed by atoms with Crippen LogP contribution >= 0.6 is 0 Å². The molecule has 24 heavy (non-hydrogen) atoms. The average Bonchev–Trinajstić information content (AvgIpc) is 3.05. The maximum Gasteiger partial charge on any atom is 0.161 e. The molecule has 0 aliphatic carbocycles. The Morgan fingerprint density at radius 2 is 2.00 bits per heavy atom. The topological polar surface area (TPSA) is 61.2 Å². The third-order valence-electron chi connectivity index (χ3n) is 3.46. The van der Waals surface area contributed by atoms with Gasteiger partial charge in [0.2, 0.25) is 0 Å².